The number of nitrogens with one attached hydrogen (secondary N) is 1. The molecule has 0 bridgehead atoms. The third-order valence-corrected chi connectivity index (χ3v) is 5.63. The van der Waals surface area contributed by atoms with Crippen LogP contribution in [0, 0.1) is 0 Å². The third-order valence-electron chi connectivity index (χ3n) is 4.33. The van der Waals surface area contributed by atoms with Gasteiger partial charge in [-0.25, -0.2) is 13.6 Å². The number of rotatable bonds is 9. The molecule has 0 spiro atoms. The van der Waals surface area contributed by atoms with Crippen LogP contribution in [0.2, 0.25) is 5.02 Å². The van der Waals surface area contributed by atoms with E-state index >= 15 is 0 Å². The Morgan fingerprint density at radius 1 is 0.967 bits per heavy atom. The summed E-state index contributed by atoms with van der Waals surface area (Å²) in [5.41, 5.74) is 2.66. The van der Waals surface area contributed by atoms with Crippen molar-refractivity contribution < 1.29 is 17.9 Å². The molecule has 3 aromatic rings. The molecule has 0 amide bonds. The van der Waals surface area contributed by atoms with Crippen molar-refractivity contribution in [3.8, 4) is 11.5 Å². The lowest BCUT2D eigenvalue weighted by molar-refractivity contribution is 0.269. The summed E-state index contributed by atoms with van der Waals surface area (Å²) in [6, 6.07) is 19.5. The van der Waals surface area contributed by atoms with Crippen molar-refractivity contribution in [2.45, 2.75) is 25.0 Å². The van der Waals surface area contributed by atoms with Crippen LogP contribution in [-0.2, 0) is 23.2 Å². The first kappa shape index (κ1) is 22.0. The molecule has 158 valence electrons. The summed E-state index contributed by atoms with van der Waals surface area (Å²) in [5, 5.41) is 9.02. The lowest BCUT2D eigenvalue weighted by Crippen LogP contribution is -2.12. The number of nitrogens with two attached hydrogens (primary N) is 1. The quantitative estimate of drug-likeness (QED) is 0.502. The van der Waals surface area contributed by atoms with Crippen LogP contribution in [0.1, 0.15) is 18.1 Å². The van der Waals surface area contributed by atoms with Gasteiger partial charge in [0.2, 0.25) is 10.0 Å². The van der Waals surface area contributed by atoms with Gasteiger partial charge in [-0.3, -0.25) is 0 Å². The number of benzene rings is 3. The fourth-order valence-electron chi connectivity index (χ4n) is 2.79. The molecule has 0 unspecified atom stereocenters. The lowest BCUT2D eigenvalue weighted by atomic mass is 10.2. The van der Waals surface area contributed by atoms with Gasteiger partial charge in [-0.15, -0.1) is 0 Å². The molecule has 6 nitrogen and oxygen atoms in total. The van der Waals surface area contributed by atoms with Crippen molar-refractivity contribution in [1.82, 2.24) is 0 Å². The molecule has 0 aliphatic heterocycles. The predicted octanol–water partition coefficient (Wildman–Crippen LogP) is 4.58. The molecule has 0 radical (unpaired) electrons. The third kappa shape index (κ3) is 5.89. The van der Waals surface area contributed by atoms with Gasteiger partial charge in [0.15, 0.2) is 11.5 Å². The molecular formula is C22H23ClN2O4S. The van der Waals surface area contributed by atoms with E-state index in [1.807, 2.05) is 49.4 Å². The largest absolute Gasteiger partial charge is 0.490 e. The van der Waals surface area contributed by atoms with E-state index in [1.165, 1.54) is 12.1 Å². The summed E-state index contributed by atoms with van der Waals surface area (Å²) in [6.07, 6.45) is 0. The molecule has 0 aromatic heterocycles. The second kappa shape index (κ2) is 9.84. The topological polar surface area (TPSA) is 90.6 Å². The summed E-state index contributed by atoms with van der Waals surface area (Å²) in [6.45, 7) is 3.29. The van der Waals surface area contributed by atoms with Crippen LogP contribution in [0.15, 0.2) is 71.6 Å². The molecule has 0 saturated carbocycles. The summed E-state index contributed by atoms with van der Waals surface area (Å²) < 4.78 is 34.3. The highest BCUT2D eigenvalue weighted by Crippen LogP contribution is 2.30. The molecule has 8 heteroatoms. The van der Waals surface area contributed by atoms with Gasteiger partial charge >= 0.3 is 0 Å². The first-order valence-corrected chi connectivity index (χ1v) is 11.3. The smallest absolute Gasteiger partial charge is 0.238 e. The maximum atomic E-state index is 11.3. The predicted molar refractivity (Wildman–Crippen MR) is 119 cm³/mol. The van der Waals surface area contributed by atoms with Crippen molar-refractivity contribution in [2.75, 3.05) is 11.9 Å². The van der Waals surface area contributed by atoms with E-state index in [2.05, 4.69) is 5.32 Å². The number of hydrogen-bond donors (Lipinski definition) is 2. The number of ether oxygens (including phenoxy) is 2. The molecule has 3 aromatic carbocycles. The lowest BCUT2D eigenvalue weighted by Gasteiger charge is -2.15. The second-order valence-corrected chi connectivity index (χ2v) is 8.49. The van der Waals surface area contributed by atoms with Gasteiger partial charge in [0.25, 0.3) is 0 Å². The van der Waals surface area contributed by atoms with E-state index in [0.29, 0.717) is 36.3 Å². The molecular weight excluding hydrogens is 424 g/mol. The normalized spacial score (nSPS) is 11.2. The molecule has 0 saturated heterocycles. The number of sulfonamides is 1. The maximum absolute atomic E-state index is 11.3. The highest BCUT2D eigenvalue weighted by atomic mass is 35.5. The van der Waals surface area contributed by atoms with Crippen molar-refractivity contribution in [3.63, 3.8) is 0 Å². The Balaban J connectivity index is 1.67. The Labute approximate surface area is 181 Å². The van der Waals surface area contributed by atoms with E-state index in [-0.39, 0.29) is 4.90 Å². The van der Waals surface area contributed by atoms with Crippen LogP contribution in [0.5, 0.6) is 11.5 Å². The van der Waals surface area contributed by atoms with Crippen LogP contribution in [-0.4, -0.2) is 15.0 Å². The minimum Gasteiger partial charge on any atom is -0.490 e. The van der Waals surface area contributed by atoms with Crippen LogP contribution < -0.4 is 19.9 Å². The molecule has 0 atom stereocenters. The number of primary sulfonamides is 1. The maximum Gasteiger partial charge on any atom is 0.238 e. The first-order chi connectivity index (χ1) is 14.4. The van der Waals surface area contributed by atoms with Crippen molar-refractivity contribution in [2.24, 2.45) is 5.14 Å². The summed E-state index contributed by atoms with van der Waals surface area (Å²) in [4.78, 5) is 0.0757. The monoisotopic (exact) mass is 446 g/mol. The number of hydrogen-bond acceptors (Lipinski definition) is 5. The Bertz CT molecular complexity index is 1100. The van der Waals surface area contributed by atoms with Crippen molar-refractivity contribution >= 4 is 27.3 Å². The average Bonchev–Trinajstić information content (AvgIpc) is 2.72. The highest BCUT2D eigenvalue weighted by Gasteiger charge is 2.09. The van der Waals surface area contributed by atoms with Gasteiger partial charge in [0.05, 0.1) is 11.5 Å². The van der Waals surface area contributed by atoms with E-state index in [9.17, 15) is 8.42 Å². The Morgan fingerprint density at radius 2 is 1.70 bits per heavy atom. The fraction of sp³-hybridized carbons (Fsp3) is 0.182. The van der Waals surface area contributed by atoms with Gasteiger partial charge < -0.3 is 14.8 Å². The molecule has 0 heterocycles. The molecule has 3 rings (SSSR count). The SMILES string of the molecule is CCOc1cc(CNc2ccc(S(N)(=O)=O)cc2)ccc1OCc1ccccc1Cl. The van der Waals surface area contributed by atoms with Gasteiger partial charge in [-0.05, 0) is 55.0 Å². The first-order valence-electron chi connectivity index (χ1n) is 9.35. The fourth-order valence-corrected chi connectivity index (χ4v) is 3.49. The summed E-state index contributed by atoms with van der Waals surface area (Å²) in [5.74, 6) is 1.28. The van der Waals surface area contributed by atoms with Gasteiger partial charge in [0.1, 0.15) is 6.61 Å². The highest BCUT2D eigenvalue weighted by molar-refractivity contribution is 7.89. The van der Waals surface area contributed by atoms with Crippen LogP contribution >= 0.6 is 11.6 Å². The van der Waals surface area contributed by atoms with Gasteiger partial charge in [-0.2, -0.15) is 0 Å². The van der Waals surface area contributed by atoms with Crippen LogP contribution in [0.3, 0.4) is 0 Å². The molecule has 0 fully saturated rings. The van der Waals surface area contributed by atoms with Crippen LogP contribution in [0.4, 0.5) is 5.69 Å². The molecule has 30 heavy (non-hydrogen) atoms. The molecule has 3 N–H and O–H groups in total. The summed E-state index contributed by atoms with van der Waals surface area (Å²) >= 11 is 6.19. The van der Waals surface area contributed by atoms with E-state index in [1.54, 1.807) is 12.1 Å². The van der Waals surface area contributed by atoms with Gasteiger partial charge in [0, 0.05) is 22.8 Å². The Hall–Kier alpha value is -2.74. The zero-order valence-corrected chi connectivity index (χ0v) is 18.0. The molecule has 0 aliphatic rings. The van der Waals surface area contributed by atoms with E-state index < -0.39 is 10.0 Å². The zero-order chi connectivity index (χ0) is 21.6. The van der Waals surface area contributed by atoms with E-state index in [0.717, 1.165) is 16.8 Å². The zero-order valence-electron chi connectivity index (χ0n) is 16.5. The number of halogens is 1. The Kier molecular flexibility index (Phi) is 7.20. The Morgan fingerprint density at radius 3 is 2.37 bits per heavy atom. The number of anilines is 1. The second-order valence-electron chi connectivity index (χ2n) is 6.52. The van der Waals surface area contributed by atoms with E-state index in [4.69, 9.17) is 26.2 Å². The van der Waals surface area contributed by atoms with Crippen molar-refractivity contribution in [1.29, 1.82) is 0 Å². The standard InChI is InChI=1S/C22H23ClN2O4S/c1-2-28-22-13-16(14-25-18-8-10-19(11-9-18)30(24,26)27)7-12-21(22)29-15-17-5-3-4-6-20(17)23/h3-13,25H,2,14-15H2,1H3,(H2,24,26,27). The van der Waals surface area contributed by atoms with Crippen molar-refractivity contribution in [3.05, 3.63) is 82.9 Å². The van der Waals surface area contributed by atoms with Crippen LogP contribution in [0.25, 0.3) is 0 Å². The minimum atomic E-state index is -3.70. The molecule has 0 aliphatic carbocycles. The average molecular weight is 447 g/mol. The summed E-state index contributed by atoms with van der Waals surface area (Å²) in [7, 11) is -3.70. The van der Waals surface area contributed by atoms with Gasteiger partial charge in [-0.1, -0.05) is 35.9 Å². The minimum absolute atomic E-state index is 0.0757.